The van der Waals surface area contributed by atoms with Crippen molar-refractivity contribution < 1.29 is 9.72 Å². The van der Waals surface area contributed by atoms with Crippen LogP contribution in [0.2, 0.25) is 0 Å². The Balaban J connectivity index is 2.06. The number of nitrogens with zero attached hydrogens (tertiary/aromatic N) is 2. The second-order valence-electron chi connectivity index (χ2n) is 5.74. The SMILES string of the molecule is CN(C(=O)/C=C/c1ccccc1[N+](=O)[O-])C1CCCCCC1. The van der Waals surface area contributed by atoms with E-state index in [4.69, 9.17) is 0 Å². The molecule has 1 fully saturated rings. The summed E-state index contributed by atoms with van der Waals surface area (Å²) in [6.45, 7) is 0. The minimum atomic E-state index is -0.431. The van der Waals surface area contributed by atoms with Crippen LogP contribution >= 0.6 is 0 Å². The van der Waals surface area contributed by atoms with E-state index in [1.807, 2.05) is 7.05 Å². The van der Waals surface area contributed by atoms with Gasteiger partial charge in [-0.1, -0.05) is 37.8 Å². The number of benzene rings is 1. The molecule has 22 heavy (non-hydrogen) atoms. The van der Waals surface area contributed by atoms with Gasteiger partial charge < -0.3 is 4.90 Å². The van der Waals surface area contributed by atoms with Gasteiger partial charge in [0.1, 0.15) is 0 Å². The highest BCUT2D eigenvalue weighted by Gasteiger charge is 2.19. The van der Waals surface area contributed by atoms with Gasteiger partial charge in [-0.3, -0.25) is 14.9 Å². The summed E-state index contributed by atoms with van der Waals surface area (Å²) in [6.07, 6.45) is 9.87. The quantitative estimate of drug-likeness (QED) is 0.368. The van der Waals surface area contributed by atoms with Crippen LogP contribution in [0.25, 0.3) is 6.08 Å². The first-order chi connectivity index (χ1) is 10.6. The molecule has 0 spiro atoms. The number of carbonyl (C=O) groups is 1. The van der Waals surface area contributed by atoms with E-state index >= 15 is 0 Å². The Morgan fingerprint density at radius 3 is 2.50 bits per heavy atom. The van der Waals surface area contributed by atoms with Gasteiger partial charge in [-0.2, -0.15) is 0 Å². The summed E-state index contributed by atoms with van der Waals surface area (Å²) in [5.74, 6) is -0.0925. The Morgan fingerprint density at radius 1 is 1.23 bits per heavy atom. The lowest BCUT2D eigenvalue weighted by Gasteiger charge is -2.26. The molecule has 0 atom stereocenters. The summed E-state index contributed by atoms with van der Waals surface area (Å²) in [7, 11) is 1.82. The van der Waals surface area contributed by atoms with Crippen LogP contribution in [0.5, 0.6) is 0 Å². The van der Waals surface area contributed by atoms with Crippen LogP contribution in [0, 0.1) is 10.1 Å². The monoisotopic (exact) mass is 302 g/mol. The van der Waals surface area contributed by atoms with Crippen molar-refractivity contribution >= 4 is 17.7 Å². The molecule has 1 aromatic rings. The maximum absolute atomic E-state index is 12.3. The van der Waals surface area contributed by atoms with Crippen LogP contribution in [0.3, 0.4) is 0 Å². The minimum Gasteiger partial charge on any atom is -0.339 e. The predicted molar refractivity (Wildman–Crippen MR) is 86.4 cm³/mol. The molecule has 0 radical (unpaired) electrons. The van der Waals surface area contributed by atoms with Gasteiger partial charge in [0.25, 0.3) is 5.69 Å². The molecular weight excluding hydrogens is 280 g/mol. The maximum atomic E-state index is 12.3. The average Bonchev–Trinajstić information content (AvgIpc) is 2.81. The Kier molecular flexibility index (Phi) is 5.69. The highest BCUT2D eigenvalue weighted by Crippen LogP contribution is 2.22. The number of carbonyl (C=O) groups excluding carboxylic acids is 1. The van der Waals surface area contributed by atoms with Crippen molar-refractivity contribution in [2.45, 2.75) is 44.6 Å². The molecule has 0 N–H and O–H groups in total. The molecule has 0 heterocycles. The van der Waals surface area contributed by atoms with Crippen LogP contribution in [0.15, 0.2) is 30.3 Å². The van der Waals surface area contributed by atoms with Crippen LogP contribution in [-0.4, -0.2) is 28.8 Å². The lowest BCUT2D eigenvalue weighted by molar-refractivity contribution is -0.385. The summed E-state index contributed by atoms with van der Waals surface area (Å²) in [4.78, 5) is 24.6. The number of para-hydroxylation sites is 1. The zero-order chi connectivity index (χ0) is 15.9. The molecule has 0 saturated heterocycles. The van der Waals surface area contributed by atoms with Crippen molar-refractivity contribution in [2.24, 2.45) is 0 Å². The van der Waals surface area contributed by atoms with E-state index in [1.165, 1.54) is 31.1 Å². The van der Waals surface area contributed by atoms with Gasteiger partial charge in [-0.25, -0.2) is 0 Å². The molecule has 0 bridgehead atoms. The first kappa shape index (κ1) is 16.2. The molecule has 1 amide bonds. The van der Waals surface area contributed by atoms with Crippen molar-refractivity contribution in [2.75, 3.05) is 7.05 Å². The van der Waals surface area contributed by atoms with E-state index in [-0.39, 0.29) is 17.6 Å². The summed E-state index contributed by atoms with van der Waals surface area (Å²) >= 11 is 0. The van der Waals surface area contributed by atoms with E-state index in [0.717, 1.165) is 25.7 Å². The standard InChI is InChI=1S/C17H22N2O3/c1-18(15-9-4-2-3-5-10-15)17(20)13-12-14-8-6-7-11-16(14)19(21)22/h6-8,11-13,15H,2-5,9-10H2,1H3/b13-12+. The molecule has 5 heteroatoms. The zero-order valence-corrected chi connectivity index (χ0v) is 12.9. The van der Waals surface area contributed by atoms with Crippen LogP contribution in [0.1, 0.15) is 44.1 Å². The molecule has 1 aromatic carbocycles. The molecule has 0 aromatic heterocycles. The van der Waals surface area contributed by atoms with E-state index in [9.17, 15) is 14.9 Å². The van der Waals surface area contributed by atoms with E-state index in [2.05, 4.69) is 0 Å². The topological polar surface area (TPSA) is 63.5 Å². The molecule has 5 nitrogen and oxygen atoms in total. The summed E-state index contributed by atoms with van der Waals surface area (Å²) < 4.78 is 0. The number of amides is 1. The van der Waals surface area contributed by atoms with E-state index in [0.29, 0.717) is 5.56 Å². The third-order valence-electron chi connectivity index (χ3n) is 4.26. The molecule has 1 saturated carbocycles. The maximum Gasteiger partial charge on any atom is 0.276 e. The lowest BCUT2D eigenvalue weighted by atomic mass is 10.1. The van der Waals surface area contributed by atoms with Crippen LogP contribution < -0.4 is 0 Å². The Hall–Kier alpha value is -2.17. The summed E-state index contributed by atoms with van der Waals surface area (Å²) in [5.41, 5.74) is 0.471. The third-order valence-corrected chi connectivity index (χ3v) is 4.26. The smallest absolute Gasteiger partial charge is 0.276 e. The van der Waals surface area contributed by atoms with Crippen molar-refractivity contribution in [1.29, 1.82) is 0 Å². The van der Waals surface area contributed by atoms with E-state index < -0.39 is 4.92 Å². The zero-order valence-electron chi connectivity index (χ0n) is 12.9. The molecule has 2 rings (SSSR count). The fourth-order valence-corrected chi connectivity index (χ4v) is 2.90. The average molecular weight is 302 g/mol. The Bertz CT molecular complexity index is 561. The second kappa shape index (κ2) is 7.73. The van der Waals surface area contributed by atoms with Crippen molar-refractivity contribution in [1.82, 2.24) is 4.90 Å². The van der Waals surface area contributed by atoms with Crippen molar-refractivity contribution in [3.63, 3.8) is 0 Å². The normalized spacial score (nSPS) is 16.4. The molecule has 0 unspecified atom stereocenters. The first-order valence-electron chi connectivity index (χ1n) is 7.78. The number of nitro groups is 1. The van der Waals surface area contributed by atoms with Gasteiger partial charge in [0.05, 0.1) is 10.5 Å². The minimum absolute atomic E-state index is 0.0173. The van der Waals surface area contributed by atoms with Gasteiger partial charge in [0.2, 0.25) is 5.91 Å². The van der Waals surface area contributed by atoms with Crippen LogP contribution in [-0.2, 0) is 4.79 Å². The molecule has 118 valence electrons. The van der Waals surface area contributed by atoms with Gasteiger partial charge in [-0.15, -0.1) is 0 Å². The number of hydrogen-bond acceptors (Lipinski definition) is 3. The van der Waals surface area contributed by atoms with Gasteiger partial charge in [0, 0.05) is 25.2 Å². The lowest BCUT2D eigenvalue weighted by Crippen LogP contribution is -2.35. The highest BCUT2D eigenvalue weighted by molar-refractivity contribution is 5.92. The van der Waals surface area contributed by atoms with E-state index in [1.54, 1.807) is 23.1 Å². The predicted octanol–water partition coefficient (Wildman–Crippen LogP) is 3.79. The number of nitro benzene ring substituents is 1. The van der Waals surface area contributed by atoms with Gasteiger partial charge >= 0.3 is 0 Å². The van der Waals surface area contributed by atoms with Gasteiger partial charge in [0.15, 0.2) is 0 Å². The highest BCUT2D eigenvalue weighted by atomic mass is 16.6. The third kappa shape index (κ3) is 4.16. The largest absolute Gasteiger partial charge is 0.339 e. The summed E-state index contributed by atoms with van der Waals surface area (Å²) in [6, 6.07) is 6.72. The van der Waals surface area contributed by atoms with Crippen molar-refractivity contribution in [3.8, 4) is 0 Å². The molecule has 0 aliphatic heterocycles. The fraction of sp³-hybridized carbons (Fsp3) is 0.471. The molecule has 1 aliphatic carbocycles. The Labute approximate surface area is 130 Å². The molecular formula is C17H22N2O3. The number of rotatable bonds is 4. The molecule has 1 aliphatic rings. The van der Waals surface area contributed by atoms with Gasteiger partial charge in [-0.05, 0) is 25.0 Å². The number of likely N-dealkylation sites (N-methyl/N-ethyl adjacent to an activating group) is 1. The Morgan fingerprint density at radius 2 is 1.86 bits per heavy atom. The second-order valence-corrected chi connectivity index (χ2v) is 5.74. The fourth-order valence-electron chi connectivity index (χ4n) is 2.90. The van der Waals surface area contributed by atoms with Crippen molar-refractivity contribution in [3.05, 3.63) is 46.0 Å². The van der Waals surface area contributed by atoms with Crippen LogP contribution in [0.4, 0.5) is 5.69 Å². The first-order valence-corrected chi connectivity index (χ1v) is 7.78. The summed E-state index contributed by atoms with van der Waals surface area (Å²) in [5, 5.41) is 11.0. The number of hydrogen-bond donors (Lipinski definition) is 0.